The number of aromatic nitrogens is 2. The first kappa shape index (κ1) is 17.9. The van der Waals surface area contributed by atoms with Gasteiger partial charge < -0.3 is 15.0 Å². The molecular formula is C16H21F3N4O2. The van der Waals surface area contributed by atoms with E-state index < -0.39 is 11.9 Å². The van der Waals surface area contributed by atoms with Crippen LogP contribution in [0.15, 0.2) is 6.07 Å². The van der Waals surface area contributed by atoms with Gasteiger partial charge in [0.2, 0.25) is 5.91 Å². The van der Waals surface area contributed by atoms with Crippen molar-refractivity contribution in [1.29, 1.82) is 0 Å². The fourth-order valence-electron chi connectivity index (χ4n) is 3.19. The molecular weight excluding hydrogens is 337 g/mol. The van der Waals surface area contributed by atoms with Crippen LogP contribution in [0.1, 0.15) is 37.2 Å². The van der Waals surface area contributed by atoms with Gasteiger partial charge in [0.1, 0.15) is 23.4 Å². The molecule has 1 unspecified atom stereocenters. The number of alkyl halides is 3. The average Bonchev–Trinajstić information content (AvgIpc) is 3.09. The fraction of sp³-hybridized carbons (Fsp3) is 0.688. The van der Waals surface area contributed by atoms with E-state index in [4.69, 9.17) is 4.74 Å². The van der Waals surface area contributed by atoms with Crippen LogP contribution >= 0.6 is 0 Å². The van der Waals surface area contributed by atoms with Crippen molar-refractivity contribution < 1.29 is 22.7 Å². The number of hydrogen-bond acceptors (Lipinski definition) is 5. The van der Waals surface area contributed by atoms with Crippen molar-refractivity contribution in [2.45, 2.75) is 50.9 Å². The van der Waals surface area contributed by atoms with Gasteiger partial charge in [-0.05, 0) is 32.6 Å². The van der Waals surface area contributed by atoms with Crippen molar-refractivity contribution in [3.8, 4) is 0 Å². The predicted octanol–water partition coefficient (Wildman–Crippen LogP) is 2.07. The standard InChI is InChI=1S/C16H21F3N4O2/c1-10-20-13(16(17,18)19)9-14(21-10)23-6-4-11(5-7-23)22-15(24)12-3-2-8-25-12/h9,11-12H,2-8H2,1H3,(H,22,24). The summed E-state index contributed by atoms with van der Waals surface area (Å²) in [5.41, 5.74) is -0.927. The van der Waals surface area contributed by atoms with Crippen LogP contribution in [-0.2, 0) is 15.7 Å². The van der Waals surface area contributed by atoms with Crippen molar-refractivity contribution in [2.75, 3.05) is 24.6 Å². The molecule has 1 aromatic rings. The highest BCUT2D eigenvalue weighted by Crippen LogP contribution is 2.30. The maximum Gasteiger partial charge on any atom is 0.433 e. The maximum absolute atomic E-state index is 12.9. The molecule has 2 saturated heterocycles. The van der Waals surface area contributed by atoms with Gasteiger partial charge in [-0.1, -0.05) is 0 Å². The number of halogens is 3. The monoisotopic (exact) mass is 358 g/mol. The van der Waals surface area contributed by atoms with Gasteiger partial charge in [0.05, 0.1) is 0 Å². The molecule has 0 radical (unpaired) electrons. The number of rotatable bonds is 3. The van der Waals surface area contributed by atoms with E-state index in [9.17, 15) is 18.0 Å². The molecule has 1 N–H and O–H groups in total. The molecule has 138 valence electrons. The van der Waals surface area contributed by atoms with E-state index in [1.54, 1.807) is 4.90 Å². The minimum absolute atomic E-state index is 0.0120. The molecule has 2 aliphatic rings. The van der Waals surface area contributed by atoms with Gasteiger partial charge in [-0.25, -0.2) is 9.97 Å². The van der Waals surface area contributed by atoms with Crippen molar-refractivity contribution in [3.05, 3.63) is 17.6 Å². The van der Waals surface area contributed by atoms with Crippen LogP contribution in [0.4, 0.5) is 19.0 Å². The van der Waals surface area contributed by atoms with Gasteiger partial charge in [-0.15, -0.1) is 0 Å². The molecule has 0 spiro atoms. The summed E-state index contributed by atoms with van der Waals surface area (Å²) in [5.74, 6) is 0.288. The number of ether oxygens (including phenoxy) is 1. The van der Waals surface area contributed by atoms with E-state index in [1.165, 1.54) is 6.92 Å². The Morgan fingerprint density at radius 2 is 2.00 bits per heavy atom. The Labute approximate surface area is 143 Å². The largest absolute Gasteiger partial charge is 0.433 e. The van der Waals surface area contributed by atoms with Gasteiger partial charge in [0.15, 0.2) is 0 Å². The first-order valence-electron chi connectivity index (χ1n) is 8.43. The summed E-state index contributed by atoms with van der Waals surface area (Å²) < 4.78 is 44.1. The number of aryl methyl sites for hydroxylation is 1. The van der Waals surface area contributed by atoms with Crippen LogP contribution in [0.5, 0.6) is 0 Å². The topological polar surface area (TPSA) is 67.4 Å². The normalized spacial score (nSPS) is 22.2. The molecule has 6 nitrogen and oxygen atoms in total. The van der Waals surface area contributed by atoms with Crippen molar-refractivity contribution in [2.24, 2.45) is 0 Å². The molecule has 2 aliphatic heterocycles. The second kappa shape index (κ2) is 7.15. The quantitative estimate of drug-likeness (QED) is 0.896. The third-order valence-electron chi connectivity index (χ3n) is 4.50. The van der Waals surface area contributed by atoms with Gasteiger partial charge in [0.25, 0.3) is 0 Å². The van der Waals surface area contributed by atoms with Crippen LogP contribution < -0.4 is 10.2 Å². The zero-order chi connectivity index (χ0) is 18.0. The Morgan fingerprint density at radius 3 is 2.60 bits per heavy atom. The highest BCUT2D eigenvalue weighted by molar-refractivity contribution is 5.81. The van der Waals surface area contributed by atoms with Crippen molar-refractivity contribution >= 4 is 11.7 Å². The third kappa shape index (κ3) is 4.39. The number of nitrogens with zero attached hydrogens (tertiary/aromatic N) is 3. The Morgan fingerprint density at radius 1 is 1.28 bits per heavy atom. The summed E-state index contributed by atoms with van der Waals surface area (Å²) in [4.78, 5) is 21.5. The molecule has 0 saturated carbocycles. The molecule has 9 heteroatoms. The predicted molar refractivity (Wildman–Crippen MR) is 84.1 cm³/mol. The van der Waals surface area contributed by atoms with Crippen LogP contribution in [0.3, 0.4) is 0 Å². The molecule has 2 fully saturated rings. The molecule has 1 aromatic heterocycles. The molecule has 3 rings (SSSR count). The summed E-state index contributed by atoms with van der Waals surface area (Å²) in [6.07, 6.45) is -1.91. The molecule has 1 atom stereocenters. The van der Waals surface area contributed by atoms with Crippen LogP contribution in [0, 0.1) is 6.92 Å². The fourth-order valence-corrected chi connectivity index (χ4v) is 3.19. The average molecular weight is 358 g/mol. The maximum atomic E-state index is 12.9. The van der Waals surface area contributed by atoms with E-state index in [1.807, 2.05) is 0 Å². The van der Waals surface area contributed by atoms with E-state index in [0.29, 0.717) is 32.5 Å². The Kier molecular flexibility index (Phi) is 5.12. The zero-order valence-electron chi connectivity index (χ0n) is 14.0. The second-order valence-electron chi connectivity index (χ2n) is 6.43. The van der Waals surface area contributed by atoms with E-state index in [-0.39, 0.29) is 29.7 Å². The molecule has 1 amide bonds. The lowest BCUT2D eigenvalue weighted by molar-refractivity contribution is -0.141. The lowest BCUT2D eigenvalue weighted by Crippen LogP contribution is -2.47. The Balaban J connectivity index is 1.59. The smallest absolute Gasteiger partial charge is 0.368 e. The SMILES string of the molecule is Cc1nc(N2CCC(NC(=O)C3CCCO3)CC2)cc(C(F)(F)F)n1. The van der Waals surface area contributed by atoms with Crippen LogP contribution in [-0.4, -0.2) is 47.7 Å². The van der Waals surface area contributed by atoms with Crippen LogP contribution in [0.2, 0.25) is 0 Å². The number of nitrogens with one attached hydrogen (secondary N) is 1. The highest BCUT2D eigenvalue weighted by Gasteiger charge is 2.34. The summed E-state index contributed by atoms with van der Waals surface area (Å²) in [7, 11) is 0. The van der Waals surface area contributed by atoms with Gasteiger partial charge in [-0.2, -0.15) is 13.2 Å². The summed E-state index contributed by atoms with van der Waals surface area (Å²) >= 11 is 0. The number of piperidine rings is 1. The highest BCUT2D eigenvalue weighted by atomic mass is 19.4. The number of carbonyl (C=O) groups is 1. The molecule has 3 heterocycles. The van der Waals surface area contributed by atoms with E-state index >= 15 is 0 Å². The minimum atomic E-state index is -4.49. The minimum Gasteiger partial charge on any atom is -0.368 e. The number of anilines is 1. The first-order chi connectivity index (χ1) is 11.8. The van der Waals surface area contributed by atoms with Crippen molar-refractivity contribution in [3.63, 3.8) is 0 Å². The van der Waals surface area contributed by atoms with Crippen LogP contribution in [0.25, 0.3) is 0 Å². The van der Waals surface area contributed by atoms with Gasteiger partial charge in [-0.3, -0.25) is 4.79 Å². The second-order valence-corrected chi connectivity index (χ2v) is 6.43. The molecule has 0 aliphatic carbocycles. The molecule has 0 bridgehead atoms. The number of amides is 1. The molecule has 25 heavy (non-hydrogen) atoms. The number of hydrogen-bond donors (Lipinski definition) is 1. The zero-order valence-corrected chi connectivity index (χ0v) is 14.0. The Bertz CT molecular complexity index is 624. The van der Waals surface area contributed by atoms with Crippen molar-refractivity contribution in [1.82, 2.24) is 15.3 Å². The van der Waals surface area contributed by atoms with E-state index in [0.717, 1.165) is 18.9 Å². The number of carbonyl (C=O) groups excluding carboxylic acids is 1. The lowest BCUT2D eigenvalue weighted by Gasteiger charge is -2.33. The summed E-state index contributed by atoms with van der Waals surface area (Å²) in [6, 6.07) is 0.996. The summed E-state index contributed by atoms with van der Waals surface area (Å²) in [6.45, 7) is 3.13. The van der Waals surface area contributed by atoms with E-state index in [2.05, 4.69) is 15.3 Å². The Hall–Kier alpha value is -1.90. The lowest BCUT2D eigenvalue weighted by atomic mass is 10.0. The van der Waals surface area contributed by atoms with Gasteiger partial charge in [0, 0.05) is 31.8 Å². The van der Waals surface area contributed by atoms with Gasteiger partial charge >= 0.3 is 6.18 Å². The first-order valence-corrected chi connectivity index (χ1v) is 8.43. The molecule has 0 aromatic carbocycles. The summed E-state index contributed by atoms with van der Waals surface area (Å²) in [5, 5.41) is 2.98. The third-order valence-corrected chi connectivity index (χ3v) is 4.50.